The van der Waals surface area contributed by atoms with Crippen LogP contribution in [0.4, 0.5) is 5.82 Å². The second kappa shape index (κ2) is 3.84. The van der Waals surface area contributed by atoms with Crippen molar-refractivity contribution in [2.75, 3.05) is 18.0 Å². The molecule has 2 rings (SSSR count). The summed E-state index contributed by atoms with van der Waals surface area (Å²) < 4.78 is 0. The number of aliphatic hydroxyl groups excluding tert-OH is 1. The average Bonchev–Trinajstić information content (AvgIpc) is 2.18. The van der Waals surface area contributed by atoms with E-state index in [1.807, 2.05) is 4.90 Å². The van der Waals surface area contributed by atoms with E-state index >= 15 is 0 Å². The lowest BCUT2D eigenvalue weighted by Crippen LogP contribution is -2.38. The lowest BCUT2D eigenvalue weighted by Gasteiger charge is -2.31. The summed E-state index contributed by atoms with van der Waals surface area (Å²) in [5, 5.41) is 19.0. The first-order valence-electron chi connectivity index (χ1n) is 4.84. The molecule has 0 amide bonds. The lowest BCUT2D eigenvalue weighted by molar-refractivity contribution is 0.153. The summed E-state index contributed by atoms with van der Waals surface area (Å²) >= 11 is 0. The van der Waals surface area contributed by atoms with Crippen LogP contribution in [0.5, 0.6) is 5.75 Å². The van der Waals surface area contributed by atoms with E-state index in [4.69, 9.17) is 0 Å². The SMILES string of the molecule is Oc1cccnc1N1CCCC(O)C1. The molecular weight excluding hydrogens is 180 g/mol. The Bertz CT molecular complexity index is 317. The fraction of sp³-hybridized carbons (Fsp3) is 0.500. The van der Waals surface area contributed by atoms with Crippen LogP contribution in [0.15, 0.2) is 18.3 Å². The molecule has 2 N–H and O–H groups in total. The molecule has 1 aromatic heterocycles. The van der Waals surface area contributed by atoms with Crippen molar-refractivity contribution in [2.24, 2.45) is 0 Å². The van der Waals surface area contributed by atoms with Gasteiger partial charge in [-0.25, -0.2) is 4.98 Å². The molecule has 2 heterocycles. The van der Waals surface area contributed by atoms with Crippen molar-refractivity contribution in [3.05, 3.63) is 18.3 Å². The molecule has 1 aliphatic rings. The van der Waals surface area contributed by atoms with Crippen LogP contribution in [0.25, 0.3) is 0 Å². The third kappa shape index (κ3) is 1.80. The summed E-state index contributed by atoms with van der Waals surface area (Å²) in [6.07, 6.45) is 3.13. The zero-order valence-corrected chi connectivity index (χ0v) is 7.93. The number of piperidine rings is 1. The third-order valence-electron chi connectivity index (χ3n) is 2.46. The first kappa shape index (κ1) is 9.27. The summed E-state index contributed by atoms with van der Waals surface area (Å²) in [5.74, 6) is 0.757. The van der Waals surface area contributed by atoms with Gasteiger partial charge in [0.25, 0.3) is 0 Å². The first-order valence-corrected chi connectivity index (χ1v) is 4.84. The zero-order valence-electron chi connectivity index (χ0n) is 7.93. The Hall–Kier alpha value is -1.29. The molecule has 14 heavy (non-hydrogen) atoms. The van der Waals surface area contributed by atoms with Gasteiger partial charge in [0.15, 0.2) is 11.6 Å². The molecule has 4 nitrogen and oxygen atoms in total. The maximum Gasteiger partial charge on any atom is 0.171 e. The summed E-state index contributed by atoms with van der Waals surface area (Å²) in [7, 11) is 0. The second-order valence-electron chi connectivity index (χ2n) is 3.59. The van der Waals surface area contributed by atoms with Crippen LogP contribution in [0.2, 0.25) is 0 Å². The molecule has 0 bridgehead atoms. The summed E-state index contributed by atoms with van der Waals surface area (Å²) in [6.45, 7) is 1.41. The van der Waals surface area contributed by atoms with Crippen molar-refractivity contribution in [3.63, 3.8) is 0 Å². The summed E-state index contributed by atoms with van der Waals surface area (Å²) in [4.78, 5) is 6.02. The minimum Gasteiger partial charge on any atom is -0.504 e. The molecule has 1 saturated heterocycles. The van der Waals surface area contributed by atoms with Crippen LogP contribution in [-0.4, -0.2) is 34.4 Å². The van der Waals surface area contributed by atoms with Gasteiger partial charge in [-0.2, -0.15) is 0 Å². The number of β-amino-alcohol motifs (C(OH)–C–C–N with tert-alkyl or cyclic N) is 1. The molecular formula is C10H14N2O2. The van der Waals surface area contributed by atoms with E-state index in [1.165, 1.54) is 0 Å². The van der Waals surface area contributed by atoms with Crippen molar-refractivity contribution in [1.29, 1.82) is 0 Å². The minimum atomic E-state index is -0.301. The van der Waals surface area contributed by atoms with Gasteiger partial charge in [0.1, 0.15) is 0 Å². The normalized spacial score (nSPS) is 22.4. The van der Waals surface area contributed by atoms with Crippen molar-refractivity contribution < 1.29 is 10.2 Å². The third-order valence-corrected chi connectivity index (χ3v) is 2.46. The predicted octanol–water partition coefficient (Wildman–Crippen LogP) is 0.748. The quantitative estimate of drug-likeness (QED) is 0.692. The average molecular weight is 194 g/mol. The van der Waals surface area contributed by atoms with Crippen molar-refractivity contribution in [1.82, 2.24) is 4.98 Å². The number of anilines is 1. The lowest BCUT2D eigenvalue weighted by atomic mass is 10.1. The van der Waals surface area contributed by atoms with Crippen LogP contribution >= 0.6 is 0 Å². The molecule has 0 radical (unpaired) electrons. The van der Waals surface area contributed by atoms with Gasteiger partial charge in [-0.15, -0.1) is 0 Å². The van der Waals surface area contributed by atoms with Crippen LogP contribution in [0.3, 0.4) is 0 Å². The number of aromatic nitrogens is 1. The number of pyridine rings is 1. The van der Waals surface area contributed by atoms with Gasteiger partial charge in [-0.3, -0.25) is 0 Å². The van der Waals surface area contributed by atoms with E-state index in [1.54, 1.807) is 18.3 Å². The van der Waals surface area contributed by atoms with E-state index in [-0.39, 0.29) is 11.9 Å². The molecule has 1 aliphatic heterocycles. The Kier molecular flexibility index (Phi) is 2.54. The molecule has 0 aliphatic carbocycles. The maximum atomic E-state index is 9.56. The Balaban J connectivity index is 2.18. The van der Waals surface area contributed by atoms with E-state index in [0.29, 0.717) is 12.4 Å². The number of aromatic hydroxyl groups is 1. The highest BCUT2D eigenvalue weighted by Gasteiger charge is 2.20. The maximum absolute atomic E-state index is 9.56. The van der Waals surface area contributed by atoms with Gasteiger partial charge in [0, 0.05) is 19.3 Å². The molecule has 1 atom stereocenters. The van der Waals surface area contributed by atoms with Gasteiger partial charge < -0.3 is 15.1 Å². The monoisotopic (exact) mass is 194 g/mol. The van der Waals surface area contributed by atoms with Crippen LogP contribution < -0.4 is 4.90 Å². The highest BCUT2D eigenvalue weighted by molar-refractivity contribution is 5.51. The number of hydrogen-bond acceptors (Lipinski definition) is 4. The van der Waals surface area contributed by atoms with E-state index in [9.17, 15) is 10.2 Å². The second-order valence-corrected chi connectivity index (χ2v) is 3.59. The number of nitrogens with zero attached hydrogens (tertiary/aromatic N) is 2. The predicted molar refractivity (Wildman–Crippen MR) is 53.4 cm³/mol. The standard InChI is InChI=1S/C10H14N2O2/c13-8-3-2-6-12(7-8)10-9(14)4-1-5-11-10/h1,4-5,8,13-14H,2-3,6-7H2. The Morgan fingerprint density at radius 2 is 2.36 bits per heavy atom. The molecule has 76 valence electrons. The largest absolute Gasteiger partial charge is 0.504 e. The fourth-order valence-corrected chi connectivity index (χ4v) is 1.78. The number of aliphatic hydroxyl groups is 1. The van der Waals surface area contributed by atoms with Gasteiger partial charge in [-0.1, -0.05) is 0 Å². The van der Waals surface area contributed by atoms with Gasteiger partial charge in [0.2, 0.25) is 0 Å². The summed E-state index contributed by atoms with van der Waals surface area (Å²) in [5.41, 5.74) is 0. The molecule has 1 fully saturated rings. The smallest absolute Gasteiger partial charge is 0.171 e. The van der Waals surface area contributed by atoms with E-state index in [0.717, 1.165) is 19.4 Å². The van der Waals surface area contributed by atoms with Crippen molar-refractivity contribution in [3.8, 4) is 5.75 Å². The van der Waals surface area contributed by atoms with Crippen molar-refractivity contribution in [2.45, 2.75) is 18.9 Å². The topological polar surface area (TPSA) is 56.6 Å². The molecule has 0 saturated carbocycles. The Morgan fingerprint density at radius 3 is 3.07 bits per heavy atom. The fourth-order valence-electron chi connectivity index (χ4n) is 1.78. The van der Waals surface area contributed by atoms with Crippen LogP contribution in [0, 0.1) is 0 Å². The minimum absolute atomic E-state index is 0.182. The molecule has 0 spiro atoms. The number of hydrogen-bond donors (Lipinski definition) is 2. The highest BCUT2D eigenvalue weighted by atomic mass is 16.3. The van der Waals surface area contributed by atoms with E-state index < -0.39 is 0 Å². The molecule has 0 aromatic carbocycles. The van der Waals surface area contributed by atoms with Gasteiger partial charge in [-0.05, 0) is 25.0 Å². The van der Waals surface area contributed by atoms with Gasteiger partial charge in [0.05, 0.1) is 6.10 Å². The first-order chi connectivity index (χ1) is 6.77. The van der Waals surface area contributed by atoms with Crippen LogP contribution in [0.1, 0.15) is 12.8 Å². The Labute approximate surface area is 82.8 Å². The molecule has 1 unspecified atom stereocenters. The molecule has 4 heteroatoms. The van der Waals surface area contributed by atoms with Crippen LogP contribution in [-0.2, 0) is 0 Å². The number of rotatable bonds is 1. The zero-order chi connectivity index (χ0) is 9.97. The highest BCUT2D eigenvalue weighted by Crippen LogP contribution is 2.26. The molecule has 1 aromatic rings. The van der Waals surface area contributed by atoms with Gasteiger partial charge >= 0.3 is 0 Å². The van der Waals surface area contributed by atoms with Crippen molar-refractivity contribution >= 4 is 5.82 Å². The Morgan fingerprint density at radius 1 is 1.50 bits per heavy atom. The summed E-state index contributed by atoms with van der Waals surface area (Å²) in [6, 6.07) is 3.31. The van der Waals surface area contributed by atoms with E-state index in [2.05, 4.69) is 4.98 Å².